The molecule has 2 aromatic rings. The number of aromatic nitrogens is 1. The normalized spacial score (nSPS) is 18.1. The third kappa shape index (κ3) is 4.77. The zero-order valence-electron chi connectivity index (χ0n) is 18.3. The van der Waals surface area contributed by atoms with Crippen molar-refractivity contribution in [1.29, 1.82) is 0 Å². The van der Waals surface area contributed by atoms with Gasteiger partial charge in [-0.05, 0) is 55.8 Å². The first-order valence-electron chi connectivity index (χ1n) is 10.7. The number of pyridine rings is 1. The van der Waals surface area contributed by atoms with Crippen LogP contribution in [-0.2, 0) is 9.59 Å². The van der Waals surface area contributed by atoms with Crippen molar-refractivity contribution in [2.75, 3.05) is 33.3 Å². The van der Waals surface area contributed by atoms with Gasteiger partial charge in [-0.2, -0.15) is 0 Å². The van der Waals surface area contributed by atoms with E-state index in [0.29, 0.717) is 17.9 Å². The van der Waals surface area contributed by atoms with Gasteiger partial charge in [-0.1, -0.05) is 0 Å². The summed E-state index contributed by atoms with van der Waals surface area (Å²) in [5, 5.41) is 11.0. The molecular weight excluding hydrogens is 394 g/mol. The SMILES string of the molecule is CC[NH+](CC)CCCN1C(=O)C(=O)C(=C(O)c2ccc(OC)cc2)[C@H]1c1ccncc1. The number of likely N-dealkylation sites (tertiary alicyclic amines) is 1. The summed E-state index contributed by atoms with van der Waals surface area (Å²) in [6, 6.07) is 9.68. The number of nitrogens with zero attached hydrogens (tertiary/aromatic N) is 2. The van der Waals surface area contributed by atoms with Gasteiger partial charge in [0, 0.05) is 30.9 Å². The zero-order chi connectivity index (χ0) is 22.4. The van der Waals surface area contributed by atoms with Gasteiger partial charge in [-0.3, -0.25) is 14.6 Å². The largest absolute Gasteiger partial charge is 0.507 e. The van der Waals surface area contributed by atoms with Gasteiger partial charge < -0.3 is 19.6 Å². The second kappa shape index (κ2) is 10.2. The lowest BCUT2D eigenvalue weighted by molar-refractivity contribution is -0.896. The van der Waals surface area contributed by atoms with Crippen LogP contribution in [-0.4, -0.2) is 60.0 Å². The lowest BCUT2D eigenvalue weighted by Crippen LogP contribution is -3.11. The number of hydrogen-bond acceptors (Lipinski definition) is 5. The van der Waals surface area contributed by atoms with E-state index in [9.17, 15) is 14.7 Å². The quantitative estimate of drug-likeness (QED) is 0.365. The van der Waals surface area contributed by atoms with Crippen LogP contribution in [0.4, 0.5) is 0 Å². The molecule has 1 aliphatic rings. The van der Waals surface area contributed by atoms with E-state index in [2.05, 4.69) is 18.8 Å². The van der Waals surface area contributed by atoms with E-state index in [1.165, 1.54) is 4.90 Å². The van der Waals surface area contributed by atoms with E-state index in [4.69, 9.17) is 4.74 Å². The molecule has 1 aliphatic heterocycles. The molecule has 0 unspecified atom stereocenters. The Labute approximate surface area is 183 Å². The number of ether oxygens (including phenoxy) is 1. The number of rotatable bonds is 9. The molecule has 0 spiro atoms. The molecule has 0 saturated carbocycles. The van der Waals surface area contributed by atoms with Gasteiger partial charge in [-0.15, -0.1) is 0 Å². The van der Waals surface area contributed by atoms with Crippen LogP contribution in [0, 0.1) is 0 Å². The van der Waals surface area contributed by atoms with Gasteiger partial charge in [0.25, 0.3) is 11.7 Å². The summed E-state index contributed by atoms with van der Waals surface area (Å²) in [5.74, 6) is -0.780. The minimum Gasteiger partial charge on any atom is -0.507 e. The predicted molar refractivity (Wildman–Crippen MR) is 118 cm³/mol. The second-order valence-electron chi connectivity index (χ2n) is 7.56. The Bertz CT molecular complexity index is 937. The molecule has 3 rings (SSSR count). The van der Waals surface area contributed by atoms with Crippen molar-refractivity contribution in [3.63, 3.8) is 0 Å². The first-order chi connectivity index (χ1) is 15.0. The highest BCUT2D eigenvalue weighted by atomic mass is 16.5. The molecule has 164 valence electrons. The molecule has 1 saturated heterocycles. The molecule has 0 bridgehead atoms. The van der Waals surface area contributed by atoms with Crippen LogP contribution in [0.25, 0.3) is 5.76 Å². The topological polar surface area (TPSA) is 84.2 Å². The Morgan fingerprint density at radius 3 is 2.32 bits per heavy atom. The van der Waals surface area contributed by atoms with Gasteiger partial charge in [0.1, 0.15) is 11.5 Å². The first-order valence-corrected chi connectivity index (χ1v) is 10.7. The van der Waals surface area contributed by atoms with Crippen LogP contribution >= 0.6 is 0 Å². The Hall–Kier alpha value is -3.19. The van der Waals surface area contributed by atoms with Crippen LogP contribution in [0.2, 0.25) is 0 Å². The summed E-state index contributed by atoms with van der Waals surface area (Å²) in [5.41, 5.74) is 1.32. The smallest absolute Gasteiger partial charge is 0.295 e. The highest BCUT2D eigenvalue weighted by Gasteiger charge is 2.45. The fraction of sp³-hybridized carbons (Fsp3) is 0.375. The first kappa shape index (κ1) is 22.5. The number of amides is 1. The number of hydrogen-bond donors (Lipinski definition) is 2. The molecule has 0 radical (unpaired) electrons. The summed E-state index contributed by atoms with van der Waals surface area (Å²) < 4.78 is 5.17. The Balaban J connectivity index is 1.98. The van der Waals surface area contributed by atoms with Crippen molar-refractivity contribution >= 4 is 17.4 Å². The molecule has 1 amide bonds. The predicted octanol–water partition coefficient (Wildman–Crippen LogP) is 1.83. The van der Waals surface area contributed by atoms with Crippen LogP contribution in [0.5, 0.6) is 5.75 Å². The van der Waals surface area contributed by atoms with Crippen molar-refractivity contribution in [2.45, 2.75) is 26.3 Å². The third-order valence-corrected chi connectivity index (χ3v) is 5.85. The van der Waals surface area contributed by atoms with Crippen molar-refractivity contribution in [1.82, 2.24) is 9.88 Å². The fourth-order valence-corrected chi connectivity index (χ4v) is 4.01. The number of carbonyl (C=O) groups excluding carboxylic acids is 2. The minimum atomic E-state index is -0.662. The number of benzene rings is 1. The summed E-state index contributed by atoms with van der Waals surface area (Å²) in [6.45, 7) is 7.66. The number of methoxy groups -OCH3 is 1. The average Bonchev–Trinajstić information content (AvgIpc) is 3.07. The third-order valence-electron chi connectivity index (χ3n) is 5.85. The molecule has 2 N–H and O–H groups in total. The second-order valence-corrected chi connectivity index (χ2v) is 7.56. The summed E-state index contributed by atoms with van der Waals surface area (Å²) >= 11 is 0. The van der Waals surface area contributed by atoms with Crippen molar-refractivity contribution in [2.24, 2.45) is 0 Å². The molecule has 7 nitrogen and oxygen atoms in total. The molecule has 1 atom stereocenters. The van der Waals surface area contributed by atoms with Gasteiger partial charge in [-0.25, -0.2) is 0 Å². The highest BCUT2D eigenvalue weighted by molar-refractivity contribution is 6.46. The van der Waals surface area contributed by atoms with Crippen LogP contribution in [0.3, 0.4) is 0 Å². The minimum absolute atomic E-state index is 0.108. The summed E-state index contributed by atoms with van der Waals surface area (Å²) in [6.07, 6.45) is 4.03. The van der Waals surface area contributed by atoms with E-state index in [0.717, 1.165) is 31.6 Å². The number of aliphatic hydroxyl groups is 1. The van der Waals surface area contributed by atoms with Crippen LogP contribution < -0.4 is 9.64 Å². The Morgan fingerprint density at radius 1 is 1.10 bits per heavy atom. The lowest BCUT2D eigenvalue weighted by Gasteiger charge is -2.26. The van der Waals surface area contributed by atoms with Gasteiger partial charge in [0.2, 0.25) is 0 Å². The standard InChI is InChI=1S/C24H29N3O4/c1-4-26(5-2)15-6-16-27-21(17-11-13-25-14-12-17)20(23(29)24(27)30)22(28)18-7-9-19(31-3)10-8-18/h7-14,21,28H,4-6,15-16H2,1-3H3/p+1/t21-/m1/s1. The molecule has 2 heterocycles. The number of nitrogens with one attached hydrogen (secondary N) is 1. The fourth-order valence-electron chi connectivity index (χ4n) is 4.01. The van der Waals surface area contributed by atoms with E-state index in [1.54, 1.807) is 60.8 Å². The molecule has 1 fully saturated rings. The maximum atomic E-state index is 13.0. The maximum Gasteiger partial charge on any atom is 0.295 e. The summed E-state index contributed by atoms with van der Waals surface area (Å²) in [4.78, 5) is 33.0. The molecule has 31 heavy (non-hydrogen) atoms. The van der Waals surface area contributed by atoms with Gasteiger partial charge in [0.05, 0.1) is 38.4 Å². The lowest BCUT2D eigenvalue weighted by atomic mass is 9.96. The van der Waals surface area contributed by atoms with Gasteiger partial charge >= 0.3 is 0 Å². The molecule has 0 aliphatic carbocycles. The number of quaternary nitrogens is 1. The molecule has 7 heteroatoms. The van der Waals surface area contributed by atoms with E-state index in [1.807, 2.05) is 0 Å². The number of ketones is 1. The molecule has 1 aromatic carbocycles. The monoisotopic (exact) mass is 424 g/mol. The molecule has 1 aromatic heterocycles. The van der Waals surface area contributed by atoms with Crippen molar-refractivity contribution in [3.8, 4) is 5.75 Å². The zero-order valence-corrected chi connectivity index (χ0v) is 18.3. The Kier molecular flexibility index (Phi) is 7.41. The number of Topliss-reactive ketones (excluding diaryl/α,β-unsaturated/α-hetero) is 1. The van der Waals surface area contributed by atoms with Crippen LogP contribution in [0.15, 0.2) is 54.4 Å². The summed E-state index contributed by atoms with van der Waals surface area (Å²) in [7, 11) is 1.56. The van der Waals surface area contributed by atoms with E-state index in [-0.39, 0.29) is 11.3 Å². The number of aliphatic hydroxyl groups excluding tert-OH is 1. The maximum absolute atomic E-state index is 13.0. The van der Waals surface area contributed by atoms with Crippen molar-refractivity contribution < 1.29 is 24.3 Å². The van der Waals surface area contributed by atoms with E-state index < -0.39 is 17.7 Å². The molecular formula is C24H30N3O4+. The van der Waals surface area contributed by atoms with Crippen molar-refractivity contribution in [3.05, 3.63) is 65.5 Å². The van der Waals surface area contributed by atoms with Gasteiger partial charge in [0.15, 0.2) is 0 Å². The van der Waals surface area contributed by atoms with Crippen LogP contribution in [0.1, 0.15) is 37.4 Å². The Morgan fingerprint density at radius 2 is 1.74 bits per heavy atom. The average molecular weight is 425 g/mol. The highest BCUT2D eigenvalue weighted by Crippen LogP contribution is 2.39. The number of carbonyl (C=O) groups is 2. The van der Waals surface area contributed by atoms with E-state index >= 15 is 0 Å².